The summed E-state index contributed by atoms with van der Waals surface area (Å²) in [5.41, 5.74) is 8.09. The first-order valence-electron chi connectivity index (χ1n) is 6.25. The number of nitrogens with zero attached hydrogens (tertiary/aromatic N) is 2. The van der Waals surface area contributed by atoms with Crippen LogP contribution in [-0.2, 0) is 7.05 Å². The molecule has 0 saturated carbocycles. The van der Waals surface area contributed by atoms with Crippen molar-refractivity contribution in [1.29, 1.82) is 0 Å². The summed E-state index contributed by atoms with van der Waals surface area (Å²) in [5.74, 6) is 0.485. The van der Waals surface area contributed by atoms with E-state index in [1.165, 1.54) is 12.1 Å². The van der Waals surface area contributed by atoms with Gasteiger partial charge >= 0.3 is 0 Å². The molecule has 1 aromatic heterocycles. The van der Waals surface area contributed by atoms with Gasteiger partial charge in [0, 0.05) is 7.05 Å². The minimum atomic E-state index is -0.257. The number of hydrogen-bond acceptors (Lipinski definition) is 3. The predicted molar refractivity (Wildman–Crippen MR) is 82.3 cm³/mol. The molecule has 0 amide bonds. The number of benzene rings is 1. The van der Waals surface area contributed by atoms with E-state index in [-0.39, 0.29) is 11.9 Å². The van der Waals surface area contributed by atoms with Crippen molar-refractivity contribution in [3.05, 3.63) is 46.9 Å². The maximum atomic E-state index is 13.3. The summed E-state index contributed by atoms with van der Waals surface area (Å²) in [6.45, 7) is 3.80. The molecule has 2 aromatic rings. The molecule has 20 heavy (non-hydrogen) atoms. The lowest BCUT2D eigenvalue weighted by atomic mass is 10.1. The monoisotopic (exact) mass is 292 g/mol. The zero-order valence-corrected chi connectivity index (χ0v) is 12.5. The number of aryl methyl sites for hydroxylation is 2. The van der Waals surface area contributed by atoms with Crippen LogP contribution in [0.2, 0.25) is 0 Å². The molecule has 0 aliphatic rings. The summed E-state index contributed by atoms with van der Waals surface area (Å²) in [5, 5.41) is 7.60. The van der Waals surface area contributed by atoms with E-state index in [1.54, 1.807) is 10.7 Å². The summed E-state index contributed by atoms with van der Waals surface area (Å²) >= 11 is 5.07. The van der Waals surface area contributed by atoms with Crippen LogP contribution < -0.4 is 11.1 Å². The standard InChI is InChI=1S/C14H17FN4S/c1-8(10-5-4-6-11(15)7-10)17-14-12(13(16)20)9(2)18-19(14)3/h4-8,17H,1-3H3,(H2,16,20). The number of hydrogen-bond donors (Lipinski definition) is 2. The highest BCUT2D eigenvalue weighted by atomic mass is 32.1. The van der Waals surface area contributed by atoms with Gasteiger partial charge in [0.1, 0.15) is 16.6 Å². The van der Waals surface area contributed by atoms with E-state index in [0.717, 1.165) is 22.6 Å². The molecular formula is C14H17FN4S. The average Bonchev–Trinajstić information content (AvgIpc) is 2.64. The lowest BCUT2D eigenvalue weighted by Gasteiger charge is -2.17. The molecular weight excluding hydrogens is 275 g/mol. The molecule has 0 bridgehead atoms. The van der Waals surface area contributed by atoms with Gasteiger partial charge in [0.05, 0.1) is 17.3 Å². The van der Waals surface area contributed by atoms with Gasteiger partial charge in [-0.15, -0.1) is 0 Å². The second-order valence-corrected chi connectivity index (χ2v) is 5.16. The third kappa shape index (κ3) is 2.80. The Morgan fingerprint density at radius 3 is 2.80 bits per heavy atom. The fourth-order valence-electron chi connectivity index (χ4n) is 2.18. The molecule has 3 N–H and O–H groups in total. The van der Waals surface area contributed by atoms with Gasteiger partial charge in [-0.1, -0.05) is 24.4 Å². The molecule has 106 valence electrons. The normalized spacial score (nSPS) is 12.2. The van der Waals surface area contributed by atoms with Crippen LogP contribution >= 0.6 is 12.2 Å². The lowest BCUT2D eigenvalue weighted by Crippen LogP contribution is -2.16. The number of thiocarbonyl (C=S) groups is 1. The minimum Gasteiger partial charge on any atom is -0.389 e. The van der Waals surface area contributed by atoms with Crippen LogP contribution in [0.1, 0.15) is 29.8 Å². The van der Waals surface area contributed by atoms with Crippen molar-refractivity contribution in [2.75, 3.05) is 5.32 Å². The van der Waals surface area contributed by atoms with Crippen LogP contribution in [0.3, 0.4) is 0 Å². The van der Waals surface area contributed by atoms with Gasteiger partial charge in [-0.2, -0.15) is 5.10 Å². The van der Waals surface area contributed by atoms with Crippen LogP contribution in [0.25, 0.3) is 0 Å². The van der Waals surface area contributed by atoms with Crippen LogP contribution in [0.4, 0.5) is 10.2 Å². The maximum Gasteiger partial charge on any atom is 0.135 e. The van der Waals surface area contributed by atoms with E-state index in [4.69, 9.17) is 18.0 Å². The SMILES string of the molecule is Cc1nn(C)c(NC(C)c2cccc(F)c2)c1C(N)=S. The summed E-state index contributed by atoms with van der Waals surface area (Å²) in [4.78, 5) is 0.296. The second-order valence-electron chi connectivity index (χ2n) is 4.72. The van der Waals surface area contributed by atoms with E-state index in [1.807, 2.05) is 27.0 Å². The summed E-state index contributed by atoms with van der Waals surface area (Å²) in [6.07, 6.45) is 0. The van der Waals surface area contributed by atoms with Crippen LogP contribution in [0, 0.1) is 12.7 Å². The predicted octanol–water partition coefficient (Wildman–Crippen LogP) is 2.67. The zero-order chi connectivity index (χ0) is 14.9. The van der Waals surface area contributed by atoms with Gasteiger partial charge in [0.2, 0.25) is 0 Å². The topological polar surface area (TPSA) is 55.9 Å². The minimum absolute atomic E-state index is 0.0893. The molecule has 0 aliphatic carbocycles. The van der Waals surface area contributed by atoms with Gasteiger partial charge in [-0.3, -0.25) is 4.68 Å². The van der Waals surface area contributed by atoms with E-state index in [2.05, 4.69) is 10.4 Å². The first-order valence-corrected chi connectivity index (χ1v) is 6.66. The lowest BCUT2D eigenvalue weighted by molar-refractivity contribution is 0.623. The van der Waals surface area contributed by atoms with E-state index in [9.17, 15) is 4.39 Å². The number of halogens is 1. The van der Waals surface area contributed by atoms with Crippen LogP contribution in [-0.4, -0.2) is 14.8 Å². The number of nitrogens with two attached hydrogens (primary N) is 1. The fourth-order valence-corrected chi connectivity index (χ4v) is 2.43. The van der Waals surface area contributed by atoms with Gasteiger partial charge in [-0.25, -0.2) is 4.39 Å². The highest BCUT2D eigenvalue weighted by molar-refractivity contribution is 7.80. The Bertz CT molecular complexity index is 651. The van der Waals surface area contributed by atoms with E-state index >= 15 is 0 Å². The quantitative estimate of drug-likeness (QED) is 0.851. The van der Waals surface area contributed by atoms with Crippen molar-refractivity contribution < 1.29 is 4.39 Å². The van der Waals surface area contributed by atoms with Crippen LogP contribution in [0.15, 0.2) is 24.3 Å². The third-order valence-corrected chi connectivity index (χ3v) is 3.37. The molecule has 2 rings (SSSR count). The number of nitrogens with one attached hydrogen (secondary N) is 1. The highest BCUT2D eigenvalue weighted by Gasteiger charge is 2.17. The van der Waals surface area contributed by atoms with Crippen molar-refractivity contribution in [2.24, 2.45) is 12.8 Å². The molecule has 1 unspecified atom stereocenters. The Morgan fingerprint density at radius 2 is 2.20 bits per heavy atom. The first kappa shape index (κ1) is 14.5. The molecule has 6 heteroatoms. The average molecular weight is 292 g/mol. The Morgan fingerprint density at radius 1 is 1.50 bits per heavy atom. The van der Waals surface area contributed by atoms with Gasteiger partial charge in [0.15, 0.2) is 0 Å². The Kier molecular flexibility index (Phi) is 4.04. The number of aromatic nitrogens is 2. The van der Waals surface area contributed by atoms with E-state index in [0.29, 0.717) is 4.99 Å². The summed E-state index contributed by atoms with van der Waals surface area (Å²) in [7, 11) is 1.81. The molecule has 4 nitrogen and oxygen atoms in total. The smallest absolute Gasteiger partial charge is 0.135 e. The van der Waals surface area contributed by atoms with Gasteiger partial charge < -0.3 is 11.1 Å². The van der Waals surface area contributed by atoms with Crippen molar-refractivity contribution in [2.45, 2.75) is 19.9 Å². The van der Waals surface area contributed by atoms with Crippen molar-refractivity contribution in [3.63, 3.8) is 0 Å². The summed E-state index contributed by atoms with van der Waals surface area (Å²) in [6, 6.07) is 6.39. The van der Waals surface area contributed by atoms with E-state index < -0.39 is 0 Å². The Hall–Kier alpha value is -1.95. The molecule has 1 heterocycles. The zero-order valence-electron chi connectivity index (χ0n) is 11.6. The fraction of sp³-hybridized carbons (Fsp3) is 0.286. The number of rotatable bonds is 4. The second kappa shape index (κ2) is 5.58. The Balaban J connectivity index is 2.33. The molecule has 0 fully saturated rings. The van der Waals surface area contributed by atoms with Crippen molar-refractivity contribution in [3.8, 4) is 0 Å². The molecule has 1 atom stereocenters. The molecule has 0 aliphatic heterocycles. The molecule has 0 radical (unpaired) electrons. The molecule has 0 saturated heterocycles. The molecule has 0 spiro atoms. The Labute approximate surface area is 122 Å². The first-order chi connectivity index (χ1) is 9.40. The summed E-state index contributed by atoms with van der Waals surface area (Å²) < 4.78 is 15.0. The molecule has 1 aromatic carbocycles. The van der Waals surface area contributed by atoms with Crippen molar-refractivity contribution >= 4 is 23.0 Å². The highest BCUT2D eigenvalue weighted by Crippen LogP contribution is 2.24. The van der Waals surface area contributed by atoms with Crippen LogP contribution in [0.5, 0.6) is 0 Å². The van der Waals surface area contributed by atoms with Crippen molar-refractivity contribution in [1.82, 2.24) is 9.78 Å². The van der Waals surface area contributed by atoms with Gasteiger partial charge in [0.25, 0.3) is 0 Å². The van der Waals surface area contributed by atoms with Gasteiger partial charge in [-0.05, 0) is 31.5 Å². The number of anilines is 1. The third-order valence-electron chi connectivity index (χ3n) is 3.17. The largest absolute Gasteiger partial charge is 0.389 e. The maximum absolute atomic E-state index is 13.3.